The highest BCUT2D eigenvalue weighted by Gasteiger charge is 2.12. The molecule has 0 aliphatic rings. The molecule has 8 heteroatoms. The number of carbonyl (C=O) groups excluding carboxylic acids is 1. The zero-order chi connectivity index (χ0) is 19.1. The summed E-state index contributed by atoms with van der Waals surface area (Å²) in [4.78, 5) is 12.3. The van der Waals surface area contributed by atoms with E-state index in [1.54, 1.807) is 36.4 Å². The lowest BCUT2D eigenvalue weighted by atomic mass is 10.2. The number of halogens is 2. The van der Waals surface area contributed by atoms with Gasteiger partial charge in [0.2, 0.25) is 0 Å². The van der Waals surface area contributed by atoms with Gasteiger partial charge in [-0.25, -0.2) is 0 Å². The molecule has 6 nitrogen and oxygen atoms in total. The number of amides is 1. The van der Waals surface area contributed by atoms with Crippen LogP contribution in [0.2, 0.25) is 10.0 Å². The summed E-state index contributed by atoms with van der Waals surface area (Å²) in [5.41, 5.74) is 0.788. The zero-order valence-corrected chi connectivity index (χ0v) is 15.5. The van der Waals surface area contributed by atoms with Gasteiger partial charge in [0.25, 0.3) is 5.91 Å². The standard InChI is InChI=1S/C18H15Cl2N3O3/c1-25-15-7-6-12(8-16(15)26-2)23-18(24)11(9-21)10-22-14-5-3-4-13(19)17(14)20/h3-8,10,22H,1-2H3,(H,23,24)/b11-10-. The molecular weight excluding hydrogens is 377 g/mol. The minimum Gasteiger partial charge on any atom is -0.493 e. The van der Waals surface area contributed by atoms with Crippen molar-refractivity contribution in [2.24, 2.45) is 0 Å². The Morgan fingerprint density at radius 2 is 1.88 bits per heavy atom. The fourth-order valence-electron chi connectivity index (χ4n) is 2.03. The summed E-state index contributed by atoms with van der Waals surface area (Å²) in [5.74, 6) is 0.390. The number of nitrogens with one attached hydrogen (secondary N) is 2. The summed E-state index contributed by atoms with van der Waals surface area (Å²) in [7, 11) is 3.00. The average Bonchev–Trinajstić information content (AvgIpc) is 2.65. The Morgan fingerprint density at radius 3 is 2.54 bits per heavy atom. The molecule has 26 heavy (non-hydrogen) atoms. The van der Waals surface area contributed by atoms with Crippen molar-refractivity contribution in [3.63, 3.8) is 0 Å². The van der Waals surface area contributed by atoms with Crippen molar-refractivity contribution >= 4 is 40.5 Å². The Kier molecular flexibility index (Phi) is 6.73. The van der Waals surface area contributed by atoms with Crippen LogP contribution in [0.4, 0.5) is 11.4 Å². The minimum atomic E-state index is -0.592. The quantitative estimate of drug-likeness (QED) is 0.560. The molecular formula is C18H15Cl2N3O3. The number of ether oxygens (including phenoxy) is 2. The minimum absolute atomic E-state index is 0.143. The van der Waals surface area contributed by atoms with Crippen molar-refractivity contribution in [2.75, 3.05) is 24.9 Å². The summed E-state index contributed by atoms with van der Waals surface area (Å²) in [5, 5.41) is 15.3. The fraction of sp³-hybridized carbons (Fsp3) is 0.111. The van der Waals surface area contributed by atoms with Crippen LogP contribution < -0.4 is 20.1 Å². The van der Waals surface area contributed by atoms with E-state index in [0.29, 0.717) is 32.9 Å². The Morgan fingerprint density at radius 1 is 1.15 bits per heavy atom. The van der Waals surface area contributed by atoms with Gasteiger partial charge in [-0.2, -0.15) is 5.26 Å². The molecule has 0 unspecified atom stereocenters. The first-order valence-corrected chi connectivity index (χ1v) is 8.10. The smallest absolute Gasteiger partial charge is 0.267 e. The Labute approximate surface area is 160 Å². The van der Waals surface area contributed by atoms with E-state index in [9.17, 15) is 10.1 Å². The molecule has 2 N–H and O–H groups in total. The van der Waals surface area contributed by atoms with Crippen molar-refractivity contribution in [3.05, 3.63) is 58.2 Å². The molecule has 1 amide bonds. The summed E-state index contributed by atoms with van der Waals surface area (Å²) >= 11 is 12.0. The topological polar surface area (TPSA) is 83.4 Å². The van der Waals surface area contributed by atoms with Gasteiger partial charge >= 0.3 is 0 Å². The number of nitrogens with zero attached hydrogens (tertiary/aromatic N) is 1. The average molecular weight is 392 g/mol. The number of nitriles is 1. The first kappa shape index (κ1) is 19.4. The number of benzene rings is 2. The SMILES string of the molecule is COc1ccc(NC(=O)/C(C#N)=C\Nc2cccc(Cl)c2Cl)cc1OC. The van der Waals surface area contributed by atoms with Crippen LogP contribution in [0, 0.1) is 11.3 Å². The monoisotopic (exact) mass is 391 g/mol. The molecule has 2 aromatic carbocycles. The largest absolute Gasteiger partial charge is 0.493 e. The van der Waals surface area contributed by atoms with Gasteiger partial charge in [-0.1, -0.05) is 29.3 Å². The highest BCUT2D eigenvalue weighted by atomic mass is 35.5. The lowest BCUT2D eigenvalue weighted by molar-refractivity contribution is -0.112. The van der Waals surface area contributed by atoms with Crippen LogP contribution in [0.15, 0.2) is 48.2 Å². The van der Waals surface area contributed by atoms with E-state index in [2.05, 4.69) is 10.6 Å². The van der Waals surface area contributed by atoms with E-state index in [1.165, 1.54) is 20.4 Å². The van der Waals surface area contributed by atoms with E-state index >= 15 is 0 Å². The van der Waals surface area contributed by atoms with Crippen LogP contribution in [0.5, 0.6) is 11.5 Å². The normalized spacial score (nSPS) is 10.7. The van der Waals surface area contributed by atoms with Gasteiger partial charge in [0.15, 0.2) is 11.5 Å². The molecule has 0 saturated carbocycles. The van der Waals surface area contributed by atoms with Crippen molar-refractivity contribution in [1.82, 2.24) is 0 Å². The number of hydrogen-bond acceptors (Lipinski definition) is 5. The van der Waals surface area contributed by atoms with E-state index in [-0.39, 0.29) is 5.57 Å². The van der Waals surface area contributed by atoms with Crippen LogP contribution in [0.3, 0.4) is 0 Å². The lowest BCUT2D eigenvalue weighted by Gasteiger charge is -2.10. The summed E-state index contributed by atoms with van der Waals surface area (Å²) in [6, 6.07) is 11.7. The molecule has 0 spiro atoms. The second kappa shape index (κ2) is 8.99. The van der Waals surface area contributed by atoms with Gasteiger partial charge in [-0.3, -0.25) is 4.79 Å². The maximum atomic E-state index is 12.3. The Bertz CT molecular complexity index is 892. The van der Waals surface area contributed by atoms with Crippen molar-refractivity contribution < 1.29 is 14.3 Å². The molecule has 0 atom stereocenters. The summed E-state index contributed by atoms with van der Waals surface area (Å²) in [6.45, 7) is 0. The number of hydrogen-bond donors (Lipinski definition) is 2. The van der Waals surface area contributed by atoms with Gasteiger partial charge in [0.1, 0.15) is 11.6 Å². The molecule has 0 heterocycles. The second-order valence-corrected chi connectivity index (χ2v) is 5.72. The van der Waals surface area contributed by atoms with Crippen LogP contribution in [-0.2, 0) is 4.79 Å². The third-order valence-corrected chi connectivity index (χ3v) is 4.15. The predicted octanol–water partition coefficient (Wildman–Crippen LogP) is 4.47. The first-order chi connectivity index (χ1) is 12.5. The molecule has 0 bridgehead atoms. The maximum absolute atomic E-state index is 12.3. The van der Waals surface area contributed by atoms with Crippen LogP contribution >= 0.6 is 23.2 Å². The van der Waals surface area contributed by atoms with Crippen LogP contribution in [0.1, 0.15) is 0 Å². The molecule has 0 fully saturated rings. The van der Waals surface area contributed by atoms with E-state index in [0.717, 1.165) is 0 Å². The van der Waals surface area contributed by atoms with Gasteiger partial charge in [-0.05, 0) is 24.3 Å². The summed E-state index contributed by atoms with van der Waals surface area (Å²) in [6.07, 6.45) is 1.26. The van der Waals surface area contributed by atoms with Crippen molar-refractivity contribution in [1.29, 1.82) is 5.26 Å². The number of rotatable bonds is 6. The number of carbonyl (C=O) groups is 1. The maximum Gasteiger partial charge on any atom is 0.267 e. The first-order valence-electron chi connectivity index (χ1n) is 7.34. The fourth-order valence-corrected chi connectivity index (χ4v) is 2.38. The Balaban J connectivity index is 2.16. The van der Waals surface area contributed by atoms with E-state index in [4.69, 9.17) is 32.7 Å². The molecule has 0 aliphatic carbocycles. The number of methoxy groups -OCH3 is 2. The molecule has 2 rings (SSSR count). The lowest BCUT2D eigenvalue weighted by Crippen LogP contribution is -2.14. The highest BCUT2D eigenvalue weighted by Crippen LogP contribution is 2.31. The van der Waals surface area contributed by atoms with Gasteiger partial charge in [0.05, 0.1) is 30.0 Å². The van der Waals surface area contributed by atoms with Gasteiger partial charge in [-0.15, -0.1) is 0 Å². The molecule has 2 aromatic rings. The molecule has 0 aromatic heterocycles. The Hall–Kier alpha value is -2.88. The van der Waals surface area contributed by atoms with Crippen LogP contribution in [0.25, 0.3) is 0 Å². The second-order valence-electron chi connectivity index (χ2n) is 4.94. The van der Waals surface area contributed by atoms with Gasteiger partial charge in [0, 0.05) is 18.0 Å². The van der Waals surface area contributed by atoms with Crippen molar-refractivity contribution in [2.45, 2.75) is 0 Å². The number of anilines is 2. The van der Waals surface area contributed by atoms with Gasteiger partial charge < -0.3 is 20.1 Å². The molecule has 0 aliphatic heterocycles. The third kappa shape index (κ3) is 4.60. The van der Waals surface area contributed by atoms with E-state index < -0.39 is 5.91 Å². The van der Waals surface area contributed by atoms with Crippen LogP contribution in [-0.4, -0.2) is 20.1 Å². The predicted molar refractivity (Wildman–Crippen MR) is 102 cm³/mol. The molecule has 134 valence electrons. The molecule has 0 radical (unpaired) electrons. The highest BCUT2D eigenvalue weighted by molar-refractivity contribution is 6.43. The van der Waals surface area contributed by atoms with E-state index in [1.807, 2.05) is 6.07 Å². The van der Waals surface area contributed by atoms with Crippen molar-refractivity contribution in [3.8, 4) is 17.6 Å². The third-order valence-electron chi connectivity index (χ3n) is 3.33. The molecule has 0 saturated heterocycles. The zero-order valence-electron chi connectivity index (χ0n) is 14.0. The summed E-state index contributed by atoms with van der Waals surface area (Å²) < 4.78 is 10.3.